The molecule has 0 N–H and O–H groups in total. The van der Waals surface area contributed by atoms with E-state index in [1.807, 2.05) is 0 Å². The van der Waals surface area contributed by atoms with Crippen molar-refractivity contribution in [1.82, 2.24) is 4.90 Å². The van der Waals surface area contributed by atoms with E-state index in [1.165, 1.54) is 12.1 Å². The quantitative estimate of drug-likeness (QED) is 0.114. The van der Waals surface area contributed by atoms with Crippen LogP contribution in [0.3, 0.4) is 0 Å². The van der Waals surface area contributed by atoms with Crippen LogP contribution in [0.25, 0.3) is 0 Å². The van der Waals surface area contributed by atoms with Gasteiger partial charge in [0, 0.05) is 12.0 Å². The largest absolute Gasteiger partial charge is 0.456 e. The van der Waals surface area contributed by atoms with Crippen LogP contribution in [-0.4, -0.2) is 41.1 Å². The van der Waals surface area contributed by atoms with Crippen LogP contribution < -0.4 is 0 Å². The van der Waals surface area contributed by atoms with Crippen LogP contribution in [-0.2, 0) is 16.0 Å². The Bertz CT molecular complexity index is 1350. The minimum Gasteiger partial charge on any atom is -0.456 e. The van der Waals surface area contributed by atoms with Gasteiger partial charge in [-0.1, -0.05) is 76.7 Å². The number of rotatable bonds is 7. The Morgan fingerprint density at radius 2 is 1.33 bits per heavy atom. The summed E-state index contributed by atoms with van der Waals surface area (Å²) in [4.78, 5) is 52.9. The molecule has 1 heterocycles. The van der Waals surface area contributed by atoms with Crippen molar-refractivity contribution in [3.8, 4) is 0 Å². The number of Topliss-reactive ketones (excluding diaryl/α,β-unsaturated/α-hetero) is 1. The molecule has 1 atom stereocenters. The van der Waals surface area contributed by atoms with Crippen LogP contribution in [0.4, 0.5) is 4.39 Å². The average Bonchev–Trinajstić information content (AvgIpc) is 3.13. The van der Waals surface area contributed by atoms with E-state index in [9.17, 15) is 23.6 Å². The summed E-state index contributed by atoms with van der Waals surface area (Å²) in [6.07, 6.45) is -0.118. The number of carbonyl (C=O) groups is 4. The SMILES string of the molecule is O=C(COC(=O)[C@@H](Cc1ccccc1)N1C(=O)c2c(Cl)c(Cl)c(Cl)c(Cl)c2C1=O)c1ccc(F)cc1. The normalized spacial score (nSPS) is 13.5. The molecule has 0 fully saturated rings. The van der Waals surface area contributed by atoms with Crippen LogP contribution in [0.1, 0.15) is 36.6 Å². The molecule has 0 spiro atoms. The van der Waals surface area contributed by atoms with E-state index in [0.717, 1.165) is 12.1 Å². The molecule has 0 unspecified atom stereocenters. The molecule has 6 nitrogen and oxygen atoms in total. The highest BCUT2D eigenvalue weighted by atomic mass is 35.5. The van der Waals surface area contributed by atoms with Gasteiger partial charge in [-0.05, 0) is 29.8 Å². The average molecular weight is 569 g/mol. The van der Waals surface area contributed by atoms with Gasteiger partial charge in [0.05, 0.1) is 31.2 Å². The van der Waals surface area contributed by atoms with Gasteiger partial charge >= 0.3 is 5.97 Å². The lowest BCUT2D eigenvalue weighted by atomic mass is 10.0. The van der Waals surface area contributed by atoms with Gasteiger partial charge in [-0.3, -0.25) is 19.3 Å². The van der Waals surface area contributed by atoms with Gasteiger partial charge in [-0.25, -0.2) is 9.18 Å². The first-order valence-electron chi connectivity index (χ1n) is 10.3. The highest BCUT2D eigenvalue weighted by Crippen LogP contribution is 2.45. The number of ketones is 1. The van der Waals surface area contributed by atoms with Crippen LogP contribution >= 0.6 is 46.4 Å². The summed E-state index contributed by atoms with van der Waals surface area (Å²) >= 11 is 24.5. The van der Waals surface area contributed by atoms with E-state index >= 15 is 0 Å². The van der Waals surface area contributed by atoms with Gasteiger partial charge in [-0.15, -0.1) is 0 Å². The Balaban J connectivity index is 1.66. The molecule has 0 aliphatic carbocycles. The molecule has 0 bridgehead atoms. The minimum atomic E-state index is -1.47. The van der Waals surface area contributed by atoms with Gasteiger partial charge in [0.1, 0.15) is 11.9 Å². The number of hydrogen-bond donors (Lipinski definition) is 0. The second-order valence-electron chi connectivity index (χ2n) is 7.73. The number of hydrogen-bond acceptors (Lipinski definition) is 5. The van der Waals surface area contributed by atoms with Crippen LogP contribution in [0, 0.1) is 5.82 Å². The molecule has 3 aromatic rings. The predicted molar refractivity (Wildman–Crippen MR) is 133 cm³/mol. The summed E-state index contributed by atoms with van der Waals surface area (Å²) in [6, 6.07) is 11.8. The van der Waals surface area contributed by atoms with Crippen LogP contribution in [0.15, 0.2) is 54.6 Å². The van der Waals surface area contributed by atoms with E-state index in [2.05, 4.69) is 0 Å². The lowest BCUT2D eigenvalue weighted by molar-refractivity contribution is -0.147. The first-order chi connectivity index (χ1) is 17.1. The molecule has 1 aliphatic heterocycles. The lowest BCUT2D eigenvalue weighted by Crippen LogP contribution is -2.47. The van der Waals surface area contributed by atoms with Gasteiger partial charge in [0.15, 0.2) is 12.4 Å². The van der Waals surface area contributed by atoms with Crippen molar-refractivity contribution in [1.29, 1.82) is 0 Å². The smallest absolute Gasteiger partial charge is 0.330 e. The molecule has 0 aromatic heterocycles. The number of ether oxygens (including phenoxy) is 1. The number of benzene rings is 3. The van der Waals surface area contributed by atoms with Gasteiger partial charge in [0.2, 0.25) is 0 Å². The zero-order valence-electron chi connectivity index (χ0n) is 18.1. The van der Waals surface area contributed by atoms with Crippen molar-refractivity contribution >= 4 is 70.0 Å². The van der Waals surface area contributed by atoms with Crippen molar-refractivity contribution in [2.24, 2.45) is 0 Å². The van der Waals surface area contributed by atoms with Crippen molar-refractivity contribution in [2.75, 3.05) is 6.61 Å². The first kappa shape index (κ1) is 26.1. The maximum atomic E-state index is 13.3. The topological polar surface area (TPSA) is 80.8 Å². The molecule has 4 rings (SSSR count). The Morgan fingerprint density at radius 3 is 1.86 bits per heavy atom. The fourth-order valence-electron chi connectivity index (χ4n) is 3.72. The summed E-state index contributed by atoms with van der Waals surface area (Å²) in [7, 11) is 0. The van der Waals surface area contributed by atoms with E-state index in [0.29, 0.717) is 10.5 Å². The molecular weight excluding hydrogens is 555 g/mol. The Labute approximate surface area is 224 Å². The highest BCUT2D eigenvalue weighted by molar-refractivity contribution is 6.55. The van der Waals surface area contributed by atoms with Crippen LogP contribution in [0.2, 0.25) is 20.1 Å². The minimum absolute atomic E-state index is 0.118. The fourth-order valence-corrected chi connectivity index (χ4v) is 4.73. The number of imide groups is 1. The van der Waals surface area contributed by atoms with Crippen LogP contribution in [0.5, 0.6) is 0 Å². The highest BCUT2D eigenvalue weighted by Gasteiger charge is 2.47. The number of amides is 2. The maximum absolute atomic E-state index is 13.3. The fraction of sp³-hybridized carbons (Fsp3) is 0.120. The third-order valence-corrected chi connectivity index (χ3v) is 7.30. The third-order valence-electron chi connectivity index (χ3n) is 5.50. The standard InChI is InChI=1S/C25H14Cl4FNO5/c26-19-17-18(20(27)22(29)21(19)28)24(34)31(23(17)33)15(10-12-4-2-1-3-5-12)25(35)36-11-16(32)13-6-8-14(30)9-7-13/h1-9,15H,10-11H2/t15-/m1/s1. The molecular formula is C25H14Cl4FNO5. The number of fused-ring (bicyclic) bond motifs is 1. The summed E-state index contributed by atoms with van der Waals surface area (Å²) < 4.78 is 18.3. The second kappa shape index (κ2) is 10.6. The molecule has 2 amide bonds. The zero-order chi connectivity index (χ0) is 26.1. The number of esters is 1. The predicted octanol–water partition coefficient (Wildman–Crippen LogP) is 6.07. The summed E-state index contributed by atoms with van der Waals surface area (Å²) in [5.41, 5.74) is 0.158. The van der Waals surface area contributed by atoms with Gasteiger partial charge < -0.3 is 4.74 Å². The van der Waals surface area contributed by atoms with Gasteiger partial charge in [-0.2, -0.15) is 0 Å². The maximum Gasteiger partial charge on any atom is 0.330 e. The molecule has 0 saturated heterocycles. The molecule has 36 heavy (non-hydrogen) atoms. The van der Waals surface area contributed by atoms with Crippen molar-refractivity contribution in [3.05, 3.63) is 103 Å². The molecule has 0 saturated carbocycles. The molecule has 3 aromatic carbocycles. The van der Waals surface area contributed by atoms with Crippen molar-refractivity contribution in [3.63, 3.8) is 0 Å². The molecule has 0 radical (unpaired) electrons. The molecule has 11 heteroatoms. The van der Waals surface area contributed by atoms with Crippen molar-refractivity contribution in [2.45, 2.75) is 12.5 Å². The first-order valence-corrected chi connectivity index (χ1v) is 11.9. The molecule has 184 valence electrons. The van der Waals surface area contributed by atoms with Gasteiger partial charge in [0.25, 0.3) is 11.8 Å². The lowest BCUT2D eigenvalue weighted by Gasteiger charge is -2.24. The second-order valence-corrected chi connectivity index (χ2v) is 9.24. The van der Waals surface area contributed by atoms with E-state index in [-0.39, 0.29) is 43.2 Å². The Hall–Kier alpha value is -2.97. The van der Waals surface area contributed by atoms with E-state index in [4.69, 9.17) is 51.1 Å². The Kier molecular flexibility index (Phi) is 7.66. The summed E-state index contributed by atoms with van der Waals surface area (Å²) in [5.74, 6) is -3.98. The molecule has 1 aliphatic rings. The monoisotopic (exact) mass is 567 g/mol. The number of halogens is 5. The number of nitrogens with zero attached hydrogens (tertiary/aromatic N) is 1. The van der Waals surface area contributed by atoms with E-state index < -0.39 is 42.0 Å². The number of carbonyl (C=O) groups excluding carboxylic acids is 4. The summed E-state index contributed by atoms with van der Waals surface area (Å²) in [6.45, 7) is -0.696. The Morgan fingerprint density at radius 1 is 0.806 bits per heavy atom. The third kappa shape index (κ3) is 4.84. The van der Waals surface area contributed by atoms with Crippen molar-refractivity contribution < 1.29 is 28.3 Å². The summed E-state index contributed by atoms with van der Waals surface area (Å²) in [5, 5.41) is -0.977. The van der Waals surface area contributed by atoms with E-state index in [1.54, 1.807) is 30.3 Å². The zero-order valence-corrected chi connectivity index (χ0v) is 21.1.